The van der Waals surface area contributed by atoms with Crippen LogP contribution in [0.25, 0.3) is 0 Å². The number of nitrogens with one attached hydrogen (secondary N) is 1. The van der Waals surface area contributed by atoms with Crippen LogP contribution in [0.1, 0.15) is 46.0 Å². The average Bonchev–Trinajstić information content (AvgIpc) is 3.22. The largest absolute Gasteiger partial charge is 0.390 e. The Bertz CT molecular complexity index is 428. The van der Waals surface area contributed by atoms with Crippen LogP contribution < -0.4 is 5.32 Å². The zero-order valence-electron chi connectivity index (χ0n) is 12.3. The molecule has 2 rings (SSSR count). The number of rotatable bonds is 5. The first-order valence-electron chi connectivity index (χ1n) is 7.44. The first-order chi connectivity index (χ1) is 9.75. The Kier molecular flexibility index (Phi) is 4.22. The van der Waals surface area contributed by atoms with Gasteiger partial charge in [-0.15, -0.1) is 0 Å². The highest BCUT2D eigenvalue weighted by Crippen LogP contribution is 2.39. The molecule has 1 saturated heterocycles. The number of carbonyl (C=O) groups is 2. The summed E-state index contributed by atoms with van der Waals surface area (Å²) < 4.78 is 37.6. The number of carbonyl (C=O) groups excluding carboxylic acids is 2. The molecular weight excluding hydrogens is 285 g/mol. The lowest BCUT2D eigenvalue weighted by Crippen LogP contribution is -2.71. The Labute approximate surface area is 122 Å². The topological polar surface area (TPSA) is 49.4 Å². The van der Waals surface area contributed by atoms with Crippen molar-refractivity contribution in [1.82, 2.24) is 10.2 Å². The van der Waals surface area contributed by atoms with E-state index in [1.54, 1.807) is 13.8 Å². The molecule has 120 valence electrons. The summed E-state index contributed by atoms with van der Waals surface area (Å²) in [7, 11) is 0. The fourth-order valence-corrected chi connectivity index (χ4v) is 3.10. The van der Waals surface area contributed by atoms with Gasteiger partial charge in [0.25, 0.3) is 0 Å². The van der Waals surface area contributed by atoms with Crippen LogP contribution in [0.2, 0.25) is 0 Å². The quantitative estimate of drug-likeness (QED) is 0.847. The summed E-state index contributed by atoms with van der Waals surface area (Å²) in [5, 5.41) is 2.74. The number of hydrogen-bond donors (Lipinski definition) is 1. The maximum Gasteiger partial charge on any atom is 0.390 e. The minimum absolute atomic E-state index is 0.0848. The molecule has 7 heteroatoms. The summed E-state index contributed by atoms with van der Waals surface area (Å²) >= 11 is 0. The molecule has 1 saturated carbocycles. The molecule has 4 nitrogen and oxygen atoms in total. The van der Waals surface area contributed by atoms with Gasteiger partial charge >= 0.3 is 6.18 Å². The molecule has 1 N–H and O–H groups in total. The van der Waals surface area contributed by atoms with Gasteiger partial charge < -0.3 is 10.2 Å². The number of nitrogens with zero attached hydrogens (tertiary/aromatic N) is 1. The zero-order chi connectivity index (χ0) is 15.8. The van der Waals surface area contributed by atoms with Crippen molar-refractivity contribution in [3.05, 3.63) is 0 Å². The van der Waals surface area contributed by atoms with Crippen LogP contribution in [0.15, 0.2) is 0 Å². The first kappa shape index (κ1) is 16.1. The van der Waals surface area contributed by atoms with Gasteiger partial charge in [-0.25, -0.2) is 0 Å². The maximum absolute atomic E-state index is 12.5. The van der Waals surface area contributed by atoms with E-state index < -0.39 is 30.7 Å². The van der Waals surface area contributed by atoms with E-state index in [1.165, 1.54) is 4.90 Å². The van der Waals surface area contributed by atoms with Gasteiger partial charge in [-0.3, -0.25) is 9.59 Å². The second-order valence-corrected chi connectivity index (χ2v) is 5.88. The molecule has 1 unspecified atom stereocenters. The summed E-state index contributed by atoms with van der Waals surface area (Å²) in [5.41, 5.74) is -1.15. The van der Waals surface area contributed by atoms with Crippen LogP contribution >= 0.6 is 0 Å². The number of halogens is 3. The molecule has 2 aliphatic rings. The van der Waals surface area contributed by atoms with Gasteiger partial charge in [0.1, 0.15) is 11.6 Å². The number of alkyl halides is 3. The Hall–Kier alpha value is -1.27. The van der Waals surface area contributed by atoms with Crippen molar-refractivity contribution in [3.63, 3.8) is 0 Å². The number of hydrogen-bond acceptors (Lipinski definition) is 2. The van der Waals surface area contributed by atoms with Crippen LogP contribution in [0.5, 0.6) is 0 Å². The van der Waals surface area contributed by atoms with E-state index in [-0.39, 0.29) is 17.7 Å². The zero-order valence-corrected chi connectivity index (χ0v) is 12.3. The van der Waals surface area contributed by atoms with Gasteiger partial charge in [0, 0.05) is 6.54 Å². The molecule has 0 aromatic carbocycles. The fraction of sp³-hybridized carbons (Fsp3) is 0.857. The van der Waals surface area contributed by atoms with Crippen molar-refractivity contribution in [3.8, 4) is 0 Å². The monoisotopic (exact) mass is 306 g/mol. The second-order valence-electron chi connectivity index (χ2n) is 5.88. The summed E-state index contributed by atoms with van der Waals surface area (Å²) in [5.74, 6) is -0.585. The van der Waals surface area contributed by atoms with Crippen LogP contribution in [0.4, 0.5) is 13.2 Å². The maximum atomic E-state index is 12.5. The minimum Gasteiger partial charge on any atom is -0.342 e. The molecule has 2 fully saturated rings. The highest BCUT2D eigenvalue weighted by atomic mass is 19.4. The Morgan fingerprint density at radius 2 is 1.81 bits per heavy atom. The van der Waals surface area contributed by atoms with Crippen LogP contribution in [-0.2, 0) is 9.59 Å². The Morgan fingerprint density at radius 3 is 2.24 bits per heavy atom. The molecular formula is C14H21F3N2O2. The number of amides is 2. The van der Waals surface area contributed by atoms with Crippen LogP contribution in [-0.4, -0.2) is 41.0 Å². The first-order valence-corrected chi connectivity index (χ1v) is 7.44. The lowest BCUT2D eigenvalue weighted by atomic mass is 9.85. The van der Waals surface area contributed by atoms with E-state index >= 15 is 0 Å². The van der Waals surface area contributed by atoms with Crippen molar-refractivity contribution < 1.29 is 22.8 Å². The molecule has 0 aromatic rings. The lowest BCUT2D eigenvalue weighted by Gasteiger charge is -2.48. The standard InChI is InChI=1S/C14H21F3N2O2/c1-3-13(4-2)12(21)18-10(9-5-6-9)11(20)19(13)8-7-14(15,16)17/h9-10H,3-8H2,1-2H3,(H,18,21). The summed E-state index contributed by atoms with van der Waals surface area (Å²) in [6.07, 6.45) is -3.10. The Morgan fingerprint density at radius 1 is 1.24 bits per heavy atom. The van der Waals surface area contributed by atoms with Crippen molar-refractivity contribution in [2.45, 2.75) is 63.7 Å². The summed E-state index contributed by atoms with van der Waals surface area (Å²) in [6, 6.07) is -0.642. The molecule has 0 radical (unpaired) electrons. The van der Waals surface area contributed by atoms with Gasteiger partial charge in [-0.05, 0) is 31.6 Å². The fourth-order valence-electron chi connectivity index (χ4n) is 3.10. The van der Waals surface area contributed by atoms with Crippen molar-refractivity contribution in [2.75, 3.05) is 6.54 Å². The molecule has 21 heavy (non-hydrogen) atoms. The van der Waals surface area contributed by atoms with E-state index in [0.29, 0.717) is 12.8 Å². The van der Waals surface area contributed by atoms with E-state index in [1.807, 2.05) is 0 Å². The van der Waals surface area contributed by atoms with Gasteiger partial charge in [0.2, 0.25) is 11.8 Å². The molecule has 1 aliphatic heterocycles. The normalized spacial score (nSPS) is 26.0. The van der Waals surface area contributed by atoms with E-state index in [9.17, 15) is 22.8 Å². The second kappa shape index (κ2) is 5.50. The SMILES string of the molecule is CCC1(CC)C(=O)NC(C2CC2)C(=O)N1CCC(F)(F)F. The smallest absolute Gasteiger partial charge is 0.342 e. The summed E-state index contributed by atoms with van der Waals surface area (Å²) in [4.78, 5) is 26.1. The van der Waals surface area contributed by atoms with Crippen molar-refractivity contribution >= 4 is 11.8 Å². The van der Waals surface area contributed by atoms with Crippen LogP contribution in [0.3, 0.4) is 0 Å². The minimum atomic E-state index is -4.34. The van der Waals surface area contributed by atoms with Crippen molar-refractivity contribution in [1.29, 1.82) is 0 Å². The molecule has 0 aromatic heterocycles. The van der Waals surface area contributed by atoms with Gasteiger partial charge in [0.05, 0.1) is 6.42 Å². The highest BCUT2D eigenvalue weighted by Gasteiger charge is 2.53. The number of piperazine rings is 1. The average molecular weight is 306 g/mol. The Balaban J connectivity index is 2.25. The third kappa shape index (κ3) is 3.01. The summed E-state index contributed by atoms with van der Waals surface area (Å²) in [6.45, 7) is 3.02. The molecule has 0 spiro atoms. The third-order valence-electron chi connectivity index (χ3n) is 4.64. The van der Waals surface area contributed by atoms with E-state index in [4.69, 9.17) is 0 Å². The highest BCUT2D eigenvalue weighted by molar-refractivity contribution is 6.00. The van der Waals surface area contributed by atoms with E-state index in [2.05, 4.69) is 5.32 Å². The van der Waals surface area contributed by atoms with Gasteiger partial charge in [-0.2, -0.15) is 13.2 Å². The molecule has 0 bridgehead atoms. The molecule has 1 atom stereocenters. The molecule has 1 heterocycles. The lowest BCUT2D eigenvalue weighted by molar-refractivity contribution is -0.167. The van der Waals surface area contributed by atoms with Gasteiger partial charge in [0.15, 0.2) is 0 Å². The van der Waals surface area contributed by atoms with Crippen LogP contribution in [0, 0.1) is 5.92 Å². The molecule has 2 amide bonds. The van der Waals surface area contributed by atoms with E-state index in [0.717, 1.165) is 12.8 Å². The third-order valence-corrected chi connectivity index (χ3v) is 4.64. The van der Waals surface area contributed by atoms with Gasteiger partial charge in [-0.1, -0.05) is 13.8 Å². The predicted molar refractivity (Wildman–Crippen MR) is 70.4 cm³/mol. The van der Waals surface area contributed by atoms with Crippen molar-refractivity contribution in [2.24, 2.45) is 5.92 Å². The molecule has 1 aliphatic carbocycles. The predicted octanol–water partition coefficient (Wildman–Crippen LogP) is 2.23.